The summed E-state index contributed by atoms with van der Waals surface area (Å²) in [6, 6.07) is 3.13. The van der Waals surface area contributed by atoms with E-state index in [1.807, 2.05) is 28.7 Å². The second-order valence-electron chi connectivity index (χ2n) is 7.93. The minimum Gasteiger partial charge on any atom is -0.341 e. The Bertz CT molecular complexity index is 932. The van der Waals surface area contributed by atoms with Crippen molar-refractivity contribution in [3.05, 3.63) is 39.1 Å². The van der Waals surface area contributed by atoms with Crippen molar-refractivity contribution in [3.63, 3.8) is 0 Å². The minimum absolute atomic E-state index is 0.0460. The van der Waals surface area contributed by atoms with Crippen molar-refractivity contribution >= 4 is 23.2 Å². The van der Waals surface area contributed by atoms with Crippen molar-refractivity contribution in [2.75, 3.05) is 19.6 Å². The van der Waals surface area contributed by atoms with Gasteiger partial charge in [0.2, 0.25) is 11.8 Å². The van der Waals surface area contributed by atoms with Gasteiger partial charge >= 0.3 is 0 Å². The molecule has 0 aromatic carbocycles. The molecule has 0 radical (unpaired) electrons. The summed E-state index contributed by atoms with van der Waals surface area (Å²) in [7, 11) is 0. The highest BCUT2D eigenvalue weighted by Crippen LogP contribution is 2.24. The monoisotopic (exact) mass is 414 g/mol. The van der Waals surface area contributed by atoms with Crippen LogP contribution in [0.5, 0.6) is 0 Å². The van der Waals surface area contributed by atoms with Crippen LogP contribution in [0.3, 0.4) is 0 Å². The predicted octanol–water partition coefficient (Wildman–Crippen LogP) is 2.29. The van der Waals surface area contributed by atoms with Crippen LogP contribution < -0.4 is 5.56 Å². The summed E-state index contributed by atoms with van der Waals surface area (Å²) in [6.07, 6.45) is 3.84. The van der Waals surface area contributed by atoms with Crippen LogP contribution in [0.1, 0.15) is 38.4 Å². The third-order valence-electron chi connectivity index (χ3n) is 5.95. The molecule has 154 valence electrons. The smallest absolute Gasteiger partial charge is 0.251 e. The van der Waals surface area contributed by atoms with E-state index < -0.39 is 0 Å². The zero-order valence-corrected chi connectivity index (χ0v) is 17.4. The first-order valence-corrected chi connectivity index (χ1v) is 11.2. The molecule has 2 fully saturated rings. The molecule has 4 rings (SSSR count). The fraction of sp³-hybridized carbons (Fsp3) is 0.524. The lowest BCUT2D eigenvalue weighted by Crippen LogP contribution is -2.50. The summed E-state index contributed by atoms with van der Waals surface area (Å²) < 4.78 is 0. The maximum absolute atomic E-state index is 12.8. The molecule has 1 N–H and O–H groups in total. The highest BCUT2D eigenvalue weighted by atomic mass is 32.1. The van der Waals surface area contributed by atoms with Crippen molar-refractivity contribution in [1.29, 1.82) is 0 Å². The van der Waals surface area contributed by atoms with Gasteiger partial charge in [0.15, 0.2) is 0 Å². The first-order chi connectivity index (χ1) is 14.0. The maximum atomic E-state index is 12.8. The molecule has 2 amide bonds. The van der Waals surface area contributed by atoms with E-state index in [0.29, 0.717) is 49.9 Å². The average molecular weight is 415 g/mol. The van der Waals surface area contributed by atoms with Crippen LogP contribution in [-0.2, 0) is 16.0 Å². The molecule has 29 heavy (non-hydrogen) atoms. The van der Waals surface area contributed by atoms with Crippen LogP contribution in [0.2, 0.25) is 0 Å². The van der Waals surface area contributed by atoms with Gasteiger partial charge in [0.25, 0.3) is 5.56 Å². The van der Waals surface area contributed by atoms with Crippen LogP contribution in [0.4, 0.5) is 0 Å². The Hall–Kier alpha value is -2.48. The SMILES string of the molecule is C[C@H](C(=O)N1CCC(Cc2nc(-c3ccsc3)cc(=O)[nH]2)CC1)N1CCCC1=O. The van der Waals surface area contributed by atoms with E-state index in [4.69, 9.17) is 0 Å². The van der Waals surface area contributed by atoms with E-state index in [1.54, 1.807) is 16.2 Å². The Morgan fingerprint density at radius 1 is 1.31 bits per heavy atom. The van der Waals surface area contributed by atoms with Gasteiger partial charge in [0.1, 0.15) is 11.9 Å². The first-order valence-electron chi connectivity index (χ1n) is 10.2. The largest absolute Gasteiger partial charge is 0.341 e. The summed E-state index contributed by atoms with van der Waals surface area (Å²) in [5, 5.41) is 3.96. The van der Waals surface area contributed by atoms with Crippen molar-refractivity contribution < 1.29 is 9.59 Å². The second-order valence-corrected chi connectivity index (χ2v) is 8.71. The standard InChI is InChI=1S/C21H26N4O3S/c1-14(25-7-2-3-20(25)27)21(28)24-8-4-15(5-9-24)11-18-22-17(12-19(26)23-18)16-6-10-29-13-16/h6,10,12-15H,2-5,7-9,11H2,1H3,(H,22,23,26)/t14-/m1/s1. The number of amides is 2. The van der Waals surface area contributed by atoms with E-state index >= 15 is 0 Å². The number of nitrogens with zero attached hydrogens (tertiary/aromatic N) is 3. The van der Waals surface area contributed by atoms with Gasteiger partial charge in [-0.2, -0.15) is 11.3 Å². The van der Waals surface area contributed by atoms with Crippen molar-refractivity contribution in [3.8, 4) is 11.3 Å². The molecular weight excluding hydrogens is 388 g/mol. The van der Waals surface area contributed by atoms with E-state index in [9.17, 15) is 14.4 Å². The van der Waals surface area contributed by atoms with Crippen LogP contribution in [-0.4, -0.2) is 57.3 Å². The van der Waals surface area contributed by atoms with Crippen LogP contribution >= 0.6 is 11.3 Å². The molecule has 0 saturated carbocycles. The third-order valence-corrected chi connectivity index (χ3v) is 6.63. The highest BCUT2D eigenvalue weighted by molar-refractivity contribution is 7.08. The normalized spacial score (nSPS) is 19.0. The van der Waals surface area contributed by atoms with Gasteiger partial charge in [-0.1, -0.05) is 0 Å². The van der Waals surface area contributed by atoms with Crippen molar-refractivity contribution in [1.82, 2.24) is 19.8 Å². The Labute approximate surface area is 173 Å². The van der Waals surface area contributed by atoms with Gasteiger partial charge in [-0.3, -0.25) is 14.4 Å². The number of nitrogens with one attached hydrogen (secondary N) is 1. The lowest BCUT2D eigenvalue weighted by Gasteiger charge is -2.35. The molecule has 1 atom stereocenters. The summed E-state index contributed by atoms with van der Waals surface area (Å²) in [5.41, 5.74) is 1.54. The fourth-order valence-electron chi connectivity index (χ4n) is 4.27. The number of carbonyl (C=O) groups is 2. The number of likely N-dealkylation sites (tertiary alicyclic amines) is 2. The second kappa shape index (κ2) is 8.49. The van der Waals surface area contributed by atoms with Gasteiger partial charge in [-0.25, -0.2) is 4.98 Å². The van der Waals surface area contributed by atoms with Crippen LogP contribution in [0, 0.1) is 5.92 Å². The van der Waals surface area contributed by atoms with Crippen LogP contribution in [0.15, 0.2) is 27.7 Å². The summed E-state index contributed by atoms with van der Waals surface area (Å²) in [4.78, 5) is 47.8. The van der Waals surface area contributed by atoms with E-state index in [2.05, 4.69) is 9.97 Å². The quantitative estimate of drug-likeness (QED) is 0.813. The number of rotatable bonds is 5. The molecule has 2 aromatic heterocycles. The molecule has 2 aliphatic rings. The Kier molecular flexibility index (Phi) is 5.80. The maximum Gasteiger partial charge on any atom is 0.251 e. The number of H-pyrrole nitrogens is 1. The summed E-state index contributed by atoms with van der Waals surface area (Å²) in [5.74, 6) is 1.22. The zero-order valence-electron chi connectivity index (χ0n) is 16.6. The number of thiophene rings is 1. The van der Waals surface area contributed by atoms with Crippen molar-refractivity contribution in [2.45, 2.75) is 45.1 Å². The number of aromatic nitrogens is 2. The lowest BCUT2D eigenvalue weighted by molar-refractivity contribution is -0.143. The number of aromatic amines is 1. The van der Waals surface area contributed by atoms with E-state index in [-0.39, 0.29) is 23.4 Å². The Morgan fingerprint density at radius 2 is 2.10 bits per heavy atom. The number of hydrogen-bond acceptors (Lipinski definition) is 5. The predicted molar refractivity (Wildman–Crippen MR) is 112 cm³/mol. The molecule has 0 unspecified atom stereocenters. The molecule has 2 aromatic rings. The van der Waals surface area contributed by atoms with Gasteiger partial charge in [0.05, 0.1) is 5.69 Å². The summed E-state index contributed by atoms with van der Waals surface area (Å²) in [6.45, 7) is 3.89. The molecule has 2 saturated heterocycles. The van der Waals surface area contributed by atoms with E-state index in [1.165, 1.54) is 6.07 Å². The van der Waals surface area contributed by atoms with E-state index in [0.717, 1.165) is 24.8 Å². The Morgan fingerprint density at radius 3 is 2.76 bits per heavy atom. The molecular formula is C21H26N4O3S. The summed E-state index contributed by atoms with van der Waals surface area (Å²) >= 11 is 1.58. The molecule has 0 aliphatic carbocycles. The minimum atomic E-state index is -0.373. The average Bonchev–Trinajstić information content (AvgIpc) is 3.39. The molecule has 4 heterocycles. The van der Waals surface area contributed by atoms with Gasteiger partial charge in [-0.05, 0) is 43.6 Å². The van der Waals surface area contributed by atoms with Crippen LogP contribution in [0.25, 0.3) is 11.3 Å². The van der Waals surface area contributed by atoms with Gasteiger partial charge in [-0.15, -0.1) is 0 Å². The number of carbonyl (C=O) groups excluding carboxylic acids is 2. The molecule has 0 bridgehead atoms. The molecule has 2 aliphatic heterocycles. The lowest BCUT2D eigenvalue weighted by atomic mass is 9.92. The molecule has 7 nitrogen and oxygen atoms in total. The topological polar surface area (TPSA) is 86.4 Å². The zero-order chi connectivity index (χ0) is 20.4. The third kappa shape index (κ3) is 4.42. The number of hydrogen-bond donors (Lipinski definition) is 1. The molecule has 0 spiro atoms. The van der Waals surface area contributed by atoms with Gasteiger partial charge < -0.3 is 14.8 Å². The Balaban J connectivity index is 1.35. The highest BCUT2D eigenvalue weighted by Gasteiger charge is 2.33. The van der Waals surface area contributed by atoms with Gasteiger partial charge in [0, 0.05) is 49.5 Å². The molecule has 8 heteroatoms. The fourth-order valence-corrected chi connectivity index (χ4v) is 4.92. The van der Waals surface area contributed by atoms with Crippen molar-refractivity contribution in [2.24, 2.45) is 5.92 Å². The first kappa shape index (κ1) is 19.8. The number of piperidine rings is 1.